The summed E-state index contributed by atoms with van der Waals surface area (Å²) in [5, 5.41) is 17.3. The zero-order chi connectivity index (χ0) is 43.2. The predicted molar refractivity (Wildman–Crippen MR) is 248 cm³/mol. The third kappa shape index (κ3) is 9.31. The maximum Gasteiger partial charge on any atom is 0.238 e. The van der Waals surface area contributed by atoms with Gasteiger partial charge in [-0.25, -0.2) is 21.7 Å². The molecule has 6 aliphatic heterocycles. The number of ether oxygens (including phenoxy) is 2. The van der Waals surface area contributed by atoms with E-state index in [4.69, 9.17) is 31.3 Å². The van der Waals surface area contributed by atoms with E-state index in [0.29, 0.717) is 44.2 Å². The van der Waals surface area contributed by atoms with Crippen molar-refractivity contribution in [2.75, 3.05) is 26.2 Å². The van der Waals surface area contributed by atoms with Crippen LogP contribution < -0.4 is 37.1 Å². The molecule has 1 amide bonds. The monoisotopic (exact) mass is 898 g/mol. The Kier molecular flexibility index (Phi) is 13.2. The van der Waals surface area contributed by atoms with Crippen molar-refractivity contribution in [3.05, 3.63) is 64.2 Å². The number of hydrazine groups is 2. The van der Waals surface area contributed by atoms with Crippen LogP contribution in [-0.4, -0.2) is 107 Å². The Labute approximate surface area is 382 Å². The topological polar surface area (TPSA) is 150 Å². The molecule has 340 valence electrons. The quantitative estimate of drug-likeness (QED) is 0.175. The van der Waals surface area contributed by atoms with Crippen molar-refractivity contribution in [3.8, 4) is 11.8 Å². The Balaban J connectivity index is 0.671. The van der Waals surface area contributed by atoms with E-state index in [9.17, 15) is 4.79 Å². The van der Waals surface area contributed by atoms with Crippen LogP contribution in [0.3, 0.4) is 0 Å². The standard InChI is InChI=1S/C48H67ClN10O3S/c1-28-29(2)63-47-43(28)44(53-40(24-42-51-18-21-61-42)45-57-54-30(3)59(45)47)33-6-4-31(5-7-33)22-32-25-48(26-32)16-19-58(20-17-48)41-15-14-39(55-56-41)46(60)52-35-9-12-36(13-10-35)62-37-11-8-34(27-50)38(49)23-37/h4-8,11,23,28-30,32,35-36,39-43,45,47,51,54-57H,9-10,12-22,24-26H2,1-3H3,(H,52,60)/t28?,29?,30?,35?,36?,39?,40-,41?,42?,43?,45?,47?/m0/s1. The summed E-state index contributed by atoms with van der Waals surface area (Å²) in [7, 11) is 0. The van der Waals surface area contributed by atoms with E-state index in [1.165, 1.54) is 42.5 Å². The molecule has 0 radical (unpaired) electrons. The van der Waals surface area contributed by atoms with E-state index in [1.54, 1.807) is 18.2 Å². The van der Waals surface area contributed by atoms with Gasteiger partial charge in [0.2, 0.25) is 5.91 Å². The lowest BCUT2D eigenvalue weighted by Crippen LogP contribution is -2.63. The highest BCUT2D eigenvalue weighted by atomic mass is 35.5. The first kappa shape index (κ1) is 44.0. The molecule has 2 aromatic rings. The third-order valence-corrected chi connectivity index (χ3v) is 18.1. The first-order valence-corrected chi connectivity index (χ1v) is 25.3. The van der Waals surface area contributed by atoms with Crippen LogP contribution in [0, 0.1) is 34.5 Å². The maximum absolute atomic E-state index is 13.3. The number of amides is 1. The van der Waals surface area contributed by atoms with Crippen LogP contribution in [0.1, 0.15) is 108 Å². The van der Waals surface area contributed by atoms with Crippen molar-refractivity contribution in [1.82, 2.24) is 42.1 Å². The second kappa shape index (κ2) is 18.8. The molecule has 10 atom stereocenters. The minimum atomic E-state index is -0.220. The zero-order valence-corrected chi connectivity index (χ0v) is 38.7. The molecule has 6 heterocycles. The summed E-state index contributed by atoms with van der Waals surface area (Å²) in [6.45, 7) is 11.0. The molecule has 8 aliphatic rings. The maximum atomic E-state index is 13.3. The molecule has 2 saturated carbocycles. The van der Waals surface area contributed by atoms with Gasteiger partial charge in [-0.2, -0.15) is 5.26 Å². The highest BCUT2D eigenvalue weighted by molar-refractivity contribution is 8.00. The van der Waals surface area contributed by atoms with Crippen LogP contribution in [0.2, 0.25) is 5.02 Å². The molecule has 15 heteroatoms. The lowest BCUT2D eigenvalue weighted by molar-refractivity contribution is -0.126. The summed E-state index contributed by atoms with van der Waals surface area (Å²) in [4.78, 5) is 24.2. The minimum Gasteiger partial charge on any atom is -0.490 e. The summed E-state index contributed by atoms with van der Waals surface area (Å²) in [6, 6.07) is 16.9. The van der Waals surface area contributed by atoms with E-state index >= 15 is 0 Å². The fourth-order valence-electron chi connectivity index (χ4n) is 12.3. The molecule has 2 aromatic carbocycles. The SMILES string of the molecule is CC1SC2C(C(c3ccc(CC4CC5(CCN(C6CCC(C(=O)NC7CCC(Oc8ccc(C#N)c(Cl)c8)CC7)NN6)CC5)C4)cc3)=N[C@@H](CC3NCCO3)C3NNC(C)N23)C1C. The second-order valence-electron chi connectivity index (χ2n) is 20.1. The van der Waals surface area contributed by atoms with Crippen molar-refractivity contribution < 1.29 is 14.3 Å². The van der Waals surface area contributed by atoms with Crippen molar-refractivity contribution in [2.24, 2.45) is 28.2 Å². The van der Waals surface area contributed by atoms with Gasteiger partial charge in [0.1, 0.15) is 24.1 Å². The van der Waals surface area contributed by atoms with Crippen molar-refractivity contribution in [3.63, 3.8) is 0 Å². The van der Waals surface area contributed by atoms with Gasteiger partial charge in [0.25, 0.3) is 0 Å². The number of nitriles is 1. The van der Waals surface area contributed by atoms with Crippen LogP contribution >= 0.6 is 23.4 Å². The van der Waals surface area contributed by atoms with Crippen LogP contribution in [0.25, 0.3) is 0 Å². The van der Waals surface area contributed by atoms with Gasteiger partial charge in [-0.3, -0.25) is 24.9 Å². The van der Waals surface area contributed by atoms with Gasteiger partial charge in [-0.1, -0.05) is 49.7 Å². The molecular formula is C48H67ClN10O3S. The molecule has 9 unspecified atom stereocenters. The number of carbonyl (C=O) groups excluding carboxylic acids is 1. The van der Waals surface area contributed by atoms with Crippen LogP contribution in [0.5, 0.6) is 5.75 Å². The fraction of sp³-hybridized carbons (Fsp3) is 0.688. The Morgan fingerprint density at radius 2 is 1.81 bits per heavy atom. The van der Waals surface area contributed by atoms with Gasteiger partial charge in [-0.15, -0.1) is 11.8 Å². The van der Waals surface area contributed by atoms with E-state index in [2.05, 4.69) is 105 Å². The average Bonchev–Trinajstić information content (AvgIpc) is 3.99. The highest BCUT2D eigenvalue weighted by Crippen LogP contribution is 2.54. The number of hydrogen-bond donors (Lipinski definition) is 6. The highest BCUT2D eigenvalue weighted by Gasteiger charge is 2.53. The molecule has 2 aliphatic carbocycles. The summed E-state index contributed by atoms with van der Waals surface area (Å²) >= 11 is 8.32. The van der Waals surface area contributed by atoms with Crippen molar-refractivity contribution in [2.45, 2.75) is 157 Å². The largest absolute Gasteiger partial charge is 0.490 e. The number of nitrogens with one attached hydrogen (secondary N) is 6. The lowest BCUT2D eigenvalue weighted by Gasteiger charge is -2.54. The Morgan fingerprint density at radius 3 is 2.51 bits per heavy atom. The first-order chi connectivity index (χ1) is 30.6. The van der Waals surface area contributed by atoms with Crippen molar-refractivity contribution in [1.29, 1.82) is 5.26 Å². The molecule has 6 N–H and O–H groups in total. The summed E-state index contributed by atoms with van der Waals surface area (Å²) in [5.41, 5.74) is 19.0. The average molecular weight is 900 g/mol. The Bertz CT molecular complexity index is 2000. The predicted octanol–water partition coefficient (Wildman–Crippen LogP) is 5.64. The van der Waals surface area contributed by atoms with Crippen LogP contribution in [0.15, 0.2) is 47.5 Å². The Hall–Kier alpha value is -2.81. The number of rotatable bonds is 10. The van der Waals surface area contributed by atoms with E-state index in [0.717, 1.165) is 83.5 Å². The summed E-state index contributed by atoms with van der Waals surface area (Å²) in [6.07, 6.45) is 13.3. The number of aliphatic imine (C=N–C) groups is 1. The van der Waals surface area contributed by atoms with Crippen LogP contribution in [0.4, 0.5) is 0 Å². The van der Waals surface area contributed by atoms with E-state index < -0.39 is 0 Å². The molecule has 5 saturated heterocycles. The van der Waals surface area contributed by atoms with Crippen LogP contribution in [-0.2, 0) is 16.0 Å². The number of thioether (sulfide) groups is 1. The van der Waals surface area contributed by atoms with Gasteiger partial charge in [-0.05, 0) is 118 Å². The number of nitrogens with zero attached hydrogens (tertiary/aromatic N) is 4. The molecular weight excluding hydrogens is 832 g/mol. The molecule has 1 spiro atoms. The van der Waals surface area contributed by atoms with Gasteiger partial charge >= 0.3 is 0 Å². The molecule has 13 nitrogen and oxygen atoms in total. The first-order valence-electron chi connectivity index (χ1n) is 24.0. The normalized spacial score (nSPS) is 37.0. The molecule has 0 aromatic heterocycles. The number of hydrogen-bond acceptors (Lipinski definition) is 13. The number of benzene rings is 2. The van der Waals surface area contributed by atoms with Gasteiger partial charge < -0.3 is 14.8 Å². The molecule has 0 bridgehead atoms. The number of piperidine rings is 1. The third-order valence-electron chi connectivity index (χ3n) is 16.1. The Morgan fingerprint density at radius 1 is 1.02 bits per heavy atom. The lowest BCUT2D eigenvalue weighted by atomic mass is 9.56. The van der Waals surface area contributed by atoms with Crippen molar-refractivity contribution >= 4 is 35.0 Å². The summed E-state index contributed by atoms with van der Waals surface area (Å²) < 4.78 is 12.2. The number of fused-ring (bicyclic) bond motifs is 3. The molecule has 7 fully saturated rings. The van der Waals surface area contributed by atoms with Gasteiger partial charge in [0.15, 0.2) is 0 Å². The summed E-state index contributed by atoms with van der Waals surface area (Å²) in [5.74, 6) is 2.43. The molecule has 63 heavy (non-hydrogen) atoms. The fourth-order valence-corrected chi connectivity index (χ4v) is 14.4. The second-order valence-corrected chi connectivity index (χ2v) is 22.0. The van der Waals surface area contributed by atoms with E-state index in [1.807, 2.05) is 0 Å². The minimum absolute atomic E-state index is 0.0464. The molecule has 10 rings (SSSR count). The number of halogens is 1. The zero-order valence-electron chi connectivity index (χ0n) is 37.2. The number of carbonyl (C=O) groups is 1. The smallest absolute Gasteiger partial charge is 0.238 e. The van der Waals surface area contributed by atoms with Gasteiger partial charge in [0, 0.05) is 55.0 Å². The van der Waals surface area contributed by atoms with E-state index in [-0.39, 0.29) is 54.9 Å². The van der Waals surface area contributed by atoms with Gasteiger partial charge in [0.05, 0.1) is 53.2 Å². The number of likely N-dealkylation sites (tertiary alicyclic amines) is 1.